The molecule has 0 saturated carbocycles. The summed E-state index contributed by atoms with van der Waals surface area (Å²) in [5.74, 6) is 0. The number of hydrogen-bond donors (Lipinski definition) is 2. The molecule has 0 bridgehead atoms. The van der Waals surface area contributed by atoms with Gasteiger partial charge < -0.3 is 9.67 Å². The summed E-state index contributed by atoms with van der Waals surface area (Å²) in [6.07, 6.45) is -1.13. The molecule has 40 heavy (non-hydrogen) atoms. The van der Waals surface area contributed by atoms with Crippen molar-refractivity contribution < 1.29 is 18.3 Å². The largest absolute Gasteiger partial charge is 0.421 e. The van der Waals surface area contributed by atoms with E-state index in [-0.39, 0.29) is 11.1 Å². The summed E-state index contributed by atoms with van der Waals surface area (Å²) in [5, 5.41) is 17.0. The van der Waals surface area contributed by atoms with Gasteiger partial charge in [-0.15, -0.1) is 11.3 Å². The van der Waals surface area contributed by atoms with E-state index in [9.17, 15) is 23.1 Å². The van der Waals surface area contributed by atoms with Crippen LogP contribution in [0.1, 0.15) is 22.9 Å². The first kappa shape index (κ1) is 29.8. The molecule has 208 valence electrons. The van der Waals surface area contributed by atoms with Gasteiger partial charge in [0.15, 0.2) is 5.60 Å². The van der Waals surface area contributed by atoms with Crippen LogP contribution in [-0.2, 0) is 19.1 Å². The molecule has 3 aromatic heterocycles. The molecule has 3 heterocycles. The number of fused-ring (bicyclic) bond motifs is 1. The Labute approximate surface area is 242 Å². The molecule has 11 heteroatoms. The van der Waals surface area contributed by atoms with Gasteiger partial charge >= 0.3 is 6.18 Å². The number of hydrogen-bond acceptors (Lipinski definition) is 6. The second-order valence-electron chi connectivity index (χ2n) is 9.14. The molecule has 3 N–H and O–H groups in total. The maximum absolute atomic E-state index is 13.3. The standard InChI is InChI=1S/C23H17ClF3NOS.C6H8N2OS/c1-22(29,23(25,26)27)16-9-10-28-20(13-16)18-7-4-6-15-12-17(30-21(15)18)11-14-5-2-3-8-19(14)24;1-8-4-5(10-7)2-3-6(8)9/h2-10,12-13,29H,11H2,1H3;2-4H,7H2,1H3. The summed E-state index contributed by atoms with van der Waals surface area (Å²) in [7, 11) is 1.70. The van der Waals surface area contributed by atoms with Crippen LogP contribution in [0, 0.1) is 0 Å². The third kappa shape index (κ3) is 6.59. The molecule has 0 amide bonds. The summed E-state index contributed by atoms with van der Waals surface area (Å²) < 4.78 is 42.2. The molecule has 1 unspecified atom stereocenters. The van der Waals surface area contributed by atoms with E-state index in [1.165, 1.54) is 29.0 Å². The molecule has 0 aliphatic rings. The van der Waals surface area contributed by atoms with E-state index >= 15 is 0 Å². The van der Waals surface area contributed by atoms with E-state index in [1.54, 1.807) is 30.6 Å². The summed E-state index contributed by atoms with van der Waals surface area (Å²) in [4.78, 5) is 17.0. The zero-order valence-corrected chi connectivity index (χ0v) is 23.8. The fraction of sp³-hybridized carbons (Fsp3) is 0.172. The lowest BCUT2D eigenvalue weighted by molar-refractivity contribution is -0.258. The molecule has 5 aromatic rings. The first-order valence-electron chi connectivity index (χ1n) is 11.9. The zero-order valence-electron chi connectivity index (χ0n) is 21.4. The number of alkyl halides is 3. The Morgan fingerprint density at radius 3 is 2.50 bits per heavy atom. The number of pyridine rings is 2. The minimum absolute atomic E-state index is 0.0159. The normalized spacial score (nSPS) is 13.0. The Bertz CT molecular complexity index is 1700. The highest BCUT2D eigenvalue weighted by atomic mass is 35.5. The Hall–Kier alpha value is -3.15. The number of nitrogens with zero attached hydrogens (tertiary/aromatic N) is 2. The lowest BCUT2D eigenvalue weighted by Gasteiger charge is -2.26. The Balaban J connectivity index is 0.000000312. The molecular weight excluding hydrogens is 579 g/mol. The van der Waals surface area contributed by atoms with Crippen molar-refractivity contribution in [1.29, 1.82) is 0 Å². The number of nitrogens with two attached hydrogens (primary N) is 1. The molecule has 5 rings (SSSR count). The minimum Gasteiger partial charge on any atom is -0.376 e. The highest BCUT2D eigenvalue weighted by Gasteiger charge is 2.51. The zero-order chi connectivity index (χ0) is 29.1. The molecule has 0 aliphatic heterocycles. The molecule has 0 fully saturated rings. The molecule has 2 aromatic carbocycles. The van der Waals surface area contributed by atoms with Crippen LogP contribution in [0.2, 0.25) is 5.02 Å². The SMILES string of the molecule is CC(O)(c1ccnc(-c2cccc3cc(Cc4ccccc4Cl)sc23)c1)C(F)(F)F.Cn1cc(SN)ccc1=O. The minimum atomic E-state index is -4.79. The van der Waals surface area contributed by atoms with Crippen molar-refractivity contribution in [3.63, 3.8) is 0 Å². The van der Waals surface area contributed by atoms with Crippen molar-refractivity contribution in [3.8, 4) is 11.3 Å². The Morgan fingerprint density at radius 1 is 1.07 bits per heavy atom. The molecule has 0 spiro atoms. The van der Waals surface area contributed by atoms with E-state index in [1.807, 2.05) is 42.5 Å². The third-order valence-corrected chi connectivity index (χ3v) is 8.33. The van der Waals surface area contributed by atoms with Crippen molar-refractivity contribution >= 4 is 45.0 Å². The molecule has 0 radical (unpaired) electrons. The maximum atomic E-state index is 13.3. The van der Waals surface area contributed by atoms with Gasteiger partial charge in [-0.25, -0.2) is 0 Å². The van der Waals surface area contributed by atoms with Crippen molar-refractivity contribution in [2.45, 2.75) is 30.0 Å². The molecule has 0 saturated heterocycles. The van der Waals surface area contributed by atoms with Crippen LogP contribution >= 0.6 is 34.9 Å². The number of rotatable bonds is 5. The molecule has 1 atom stereocenters. The van der Waals surface area contributed by atoms with Gasteiger partial charge in [0.1, 0.15) is 0 Å². The van der Waals surface area contributed by atoms with Gasteiger partial charge in [0, 0.05) is 57.0 Å². The third-order valence-electron chi connectivity index (χ3n) is 6.26. The number of aliphatic hydroxyl groups is 1. The predicted molar refractivity (Wildman–Crippen MR) is 157 cm³/mol. The number of aryl methyl sites for hydroxylation is 1. The number of thiophene rings is 1. The number of benzene rings is 2. The van der Waals surface area contributed by atoms with Crippen LogP contribution in [0.15, 0.2) is 94.9 Å². The monoisotopic (exact) mass is 603 g/mol. The van der Waals surface area contributed by atoms with Gasteiger partial charge in [0.2, 0.25) is 5.56 Å². The van der Waals surface area contributed by atoms with Crippen LogP contribution in [0.4, 0.5) is 13.2 Å². The van der Waals surface area contributed by atoms with Gasteiger partial charge in [0.25, 0.3) is 0 Å². The van der Waals surface area contributed by atoms with E-state index in [4.69, 9.17) is 16.7 Å². The van der Waals surface area contributed by atoms with Crippen molar-refractivity contribution in [2.75, 3.05) is 0 Å². The highest BCUT2D eigenvalue weighted by Crippen LogP contribution is 2.41. The Kier molecular flexibility index (Phi) is 9.06. The lowest BCUT2D eigenvalue weighted by Crippen LogP contribution is -2.39. The van der Waals surface area contributed by atoms with Crippen LogP contribution < -0.4 is 10.7 Å². The summed E-state index contributed by atoms with van der Waals surface area (Å²) in [5.41, 5.74) is -1.10. The topological polar surface area (TPSA) is 81.1 Å². The van der Waals surface area contributed by atoms with Crippen LogP contribution in [0.3, 0.4) is 0 Å². The second-order valence-corrected chi connectivity index (χ2v) is 11.4. The van der Waals surface area contributed by atoms with E-state index in [2.05, 4.69) is 11.1 Å². The summed E-state index contributed by atoms with van der Waals surface area (Å²) in [6, 6.07) is 21.0. The van der Waals surface area contributed by atoms with E-state index in [0.29, 0.717) is 17.1 Å². The Morgan fingerprint density at radius 2 is 1.82 bits per heavy atom. The van der Waals surface area contributed by atoms with Crippen LogP contribution in [0.25, 0.3) is 21.3 Å². The van der Waals surface area contributed by atoms with Gasteiger partial charge in [-0.1, -0.05) is 48.0 Å². The summed E-state index contributed by atoms with van der Waals surface area (Å²) >= 11 is 8.97. The summed E-state index contributed by atoms with van der Waals surface area (Å²) in [6.45, 7) is 0.750. The van der Waals surface area contributed by atoms with Crippen molar-refractivity contribution in [3.05, 3.63) is 117 Å². The van der Waals surface area contributed by atoms with Gasteiger partial charge in [-0.05, 0) is 65.7 Å². The van der Waals surface area contributed by atoms with Gasteiger partial charge in [-0.2, -0.15) is 13.2 Å². The lowest BCUT2D eigenvalue weighted by atomic mass is 9.94. The van der Waals surface area contributed by atoms with Crippen molar-refractivity contribution in [1.82, 2.24) is 9.55 Å². The molecular formula is C29H25ClF3N3O2S2. The average molecular weight is 604 g/mol. The smallest absolute Gasteiger partial charge is 0.376 e. The number of halogens is 4. The second kappa shape index (κ2) is 12.2. The fourth-order valence-corrected chi connectivity index (χ4v) is 5.69. The quantitative estimate of drug-likeness (QED) is 0.206. The fourth-order valence-electron chi connectivity index (χ4n) is 3.92. The first-order valence-corrected chi connectivity index (χ1v) is 14.0. The predicted octanol–water partition coefficient (Wildman–Crippen LogP) is 7.33. The van der Waals surface area contributed by atoms with Crippen LogP contribution in [-0.4, -0.2) is 20.8 Å². The molecule has 5 nitrogen and oxygen atoms in total. The van der Waals surface area contributed by atoms with Gasteiger partial charge in [0.05, 0.1) is 5.69 Å². The first-order chi connectivity index (χ1) is 18.9. The maximum Gasteiger partial charge on any atom is 0.421 e. The highest BCUT2D eigenvalue weighted by molar-refractivity contribution is 7.97. The molecule has 0 aliphatic carbocycles. The number of aromatic nitrogens is 2. The van der Waals surface area contributed by atoms with E-state index in [0.717, 1.165) is 49.9 Å². The average Bonchev–Trinajstić information content (AvgIpc) is 3.34. The van der Waals surface area contributed by atoms with Crippen molar-refractivity contribution in [2.24, 2.45) is 12.2 Å². The van der Waals surface area contributed by atoms with Gasteiger partial charge in [-0.3, -0.25) is 14.9 Å². The van der Waals surface area contributed by atoms with Crippen LogP contribution in [0.5, 0.6) is 0 Å². The van der Waals surface area contributed by atoms with E-state index < -0.39 is 11.8 Å².